The Balaban J connectivity index is 2.00. The molecule has 0 aliphatic carbocycles. The topological polar surface area (TPSA) is 114 Å². The Morgan fingerprint density at radius 3 is 3.00 bits per heavy atom. The molecule has 0 bridgehead atoms. The molecule has 21 heavy (non-hydrogen) atoms. The van der Waals surface area contributed by atoms with Crippen LogP contribution in [0.5, 0.6) is 0 Å². The molecule has 0 fully saturated rings. The van der Waals surface area contributed by atoms with E-state index in [1.807, 2.05) is 0 Å². The fourth-order valence-corrected chi connectivity index (χ4v) is 2.41. The first-order valence-electron chi connectivity index (χ1n) is 7.08. The number of rotatable bonds is 5. The van der Waals surface area contributed by atoms with E-state index in [2.05, 4.69) is 15.0 Å². The summed E-state index contributed by atoms with van der Waals surface area (Å²) >= 11 is 0. The molecule has 8 nitrogen and oxygen atoms in total. The van der Waals surface area contributed by atoms with Gasteiger partial charge in [0.2, 0.25) is 5.91 Å². The minimum absolute atomic E-state index is 0.262. The zero-order chi connectivity index (χ0) is 15.4. The maximum absolute atomic E-state index is 12.2. The lowest BCUT2D eigenvalue weighted by atomic mass is 10.1. The van der Waals surface area contributed by atoms with Crippen LogP contribution in [0.3, 0.4) is 0 Å². The Kier molecular flexibility index (Phi) is 4.77. The number of aliphatic carboxylic acids is 1. The molecule has 8 heteroatoms. The largest absolute Gasteiger partial charge is 0.481 e. The minimum Gasteiger partial charge on any atom is -0.481 e. The van der Waals surface area contributed by atoms with Crippen molar-refractivity contribution in [2.24, 2.45) is 5.92 Å². The lowest BCUT2D eigenvalue weighted by Gasteiger charge is -2.16. The molecular weight excluding hydrogens is 278 g/mol. The Morgan fingerprint density at radius 1 is 1.52 bits per heavy atom. The second-order valence-corrected chi connectivity index (χ2v) is 5.32. The van der Waals surface area contributed by atoms with Crippen LogP contribution in [0.2, 0.25) is 0 Å². The van der Waals surface area contributed by atoms with Crippen molar-refractivity contribution in [1.29, 1.82) is 0 Å². The second-order valence-electron chi connectivity index (χ2n) is 5.32. The summed E-state index contributed by atoms with van der Waals surface area (Å²) in [6.07, 6.45) is 3.19. The first kappa shape index (κ1) is 15.3. The molecule has 0 aromatic carbocycles. The molecule has 1 aliphatic rings. The zero-order valence-electron chi connectivity index (χ0n) is 11.9. The standard InChI is InChI=1S/C13H19N3O5/c1-8(12(18)19)6-7-14-11(17)9-4-2-3-5-10-15-21-13(20)16(9)10/h8-9H,2-7H2,1H3,(H,14,17)(H,18,19)/t8-,9?/m0/s1. The number of hydrogen-bond acceptors (Lipinski definition) is 5. The fourth-order valence-electron chi connectivity index (χ4n) is 2.41. The molecule has 2 atom stereocenters. The van der Waals surface area contributed by atoms with Crippen molar-refractivity contribution in [3.63, 3.8) is 0 Å². The minimum atomic E-state index is -0.892. The number of hydrogen-bond donors (Lipinski definition) is 2. The summed E-state index contributed by atoms with van der Waals surface area (Å²) in [6.45, 7) is 1.85. The average molecular weight is 297 g/mol. The third kappa shape index (κ3) is 3.50. The monoisotopic (exact) mass is 297 g/mol. The van der Waals surface area contributed by atoms with Gasteiger partial charge in [-0.05, 0) is 19.3 Å². The van der Waals surface area contributed by atoms with E-state index in [0.29, 0.717) is 25.1 Å². The molecule has 0 radical (unpaired) electrons. The van der Waals surface area contributed by atoms with Crippen LogP contribution in [0.1, 0.15) is 44.5 Å². The number of aromatic nitrogens is 2. The highest BCUT2D eigenvalue weighted by molar-refractivity contribution is 5.80. The predicted molar refractivity (Wildman–Crippen MR) is 71.8 cm³/mol. The Bertz CT molecular complexity index is 577. The number of amides is 1. The number of nitrogens with zero attached hydrogens (tertiary/aromatic N) is 2. The number of carboxylic acid groups (broad SMARTS) is 1. The Morgan fingerprint density at radius 2 is 2.29 bits per heavy atom. The number of carboxylic acids is 1. The van der Waals surface area contributed by atoms with Crippen LogP contribution in [-0.4, -0.2) is 33.3 Å². The summed E-state index contributed by atoms with van der Waals surface area (Å²) < 4.78 is 5.94. The van der Waals surface area contributed by atoms with Crippen molar-refractivity contribution in [3.05, 3.63) is 16.4 Å². The highest BCUT2D eigenvalue weighted by Crippen LogP contribution is 2.21. The highest BCUT2D eigenvalue weighted by atomic mass is 16.5. The lowest BCUT2D eigenvalue weighted by molar-refractivity contribution is -0.141. The quantitative estimate of drug-likeness (QED) is 0.809. The number of nitrogens with one attached hydrogen (secondary N) is 1. The van der Waals surface area contributed by atoms with E-state index in [-0.39, 0.29) is 12.5 Å². The molecular formula is C13H19N3O5. The van der Waals surface area contributed by atoms with Crippen molar-refractivity contribution in [2.45, 2.75) is 45.1 Å². The third-order valence-electron chi connectivity index (χ3n) is 3.74. The van der Waals surface area contributed by atoms with E-state index in [1.165, 1.54) is 4.57 Å². The molecule has 1 aromatic rings. The van der Waals surface area contributed by atoms with E-state index in [0.717, 1.165) is 12.8 Å². The van der Waals surface area contributed by atoms with Crippen molar-refractivity contribution in [3.8, 4) is 0 Å². The van der Waals surface area contributed by atoms with Gasteiger partial charge in [0.25, 0.3) is 0 Å². The van der Waals surface area contributed by atoms with Crippen molar-refractivity contribution in [1.82, 2.24) is 15.0 Å². The second kappa shape index (κ2) is 6.55. The summed E-state index contributed by atoms with van der Waals surface area (Å²) in [4.78, 5) is 34.6. The van der Waals surface area contributed by atoms with Gasteiger partial charge >= 0.3 is 11.7 Å². The molecule has 0 spiro atoms. The number of fused-ring (bicyclic) bond motifs is 1. The van der Waals surface area contributed by atoms with Crippen LogP contribution >= 0.6 is 0 Å². The lowest BCUT2D eigenvalue weighted by Crippen LogP contribution is -2.37. The summed E-state index contributed by atoms with van der Waals surface area (Å²) in [5, 5.41) is 15.2. The number of carbonyl (C=O) groups is 2. The van der Waals surface area contributed by atoms with Gasteiger partial charge in [0.05, 0.1) is 5.92 Å². The van der Waals surface area contributed by atoms with Gasteiger partial charge < -0.3 is 10.4 Å². The fraction of sp³-hybridized carbons (Fsp3) is 0.692. The van der Waals surface area contributed by atoms with Gasteiger partial charge in [-0.1, -0.05) is 18.5 Å². The van der Waals surface area contributed by atoms with Crippen LogP contribution in [-0.2, 0) is 16.0 Å². The molecule has 1 aromatic heterocycles. The zero-order valence-corrected chi connectivity index (χ0v) is 11.9. The molecule has 2 rings (SSSR count). The molecule has 2 heterocycles. The molecule has 1 unspecified atom stereocenters. The van der Waals surface area contributed by atoms with Crippen molar-refractivity contribution >= 4 is 11.9 Å². The Hall–Kier alpha value is -2.12. The van der Waals surface area contributed by atoms with Crippen LogP contribution < -0.4 is 11.1 Å². The average Bonchev–Trinajstić information content (AvgIpc) is 2.69. The number of aryl methyl sites for hydroxylation is 1. The van der Waals surface area contributed by atoms with Gasteiger partial charge in [0.1, 0.15) is 6.04 Å². The molecule has 0 saturated carbocycles. The van der Waals surface area contributed by atoms with Gasteiger partial charge in [-0.15, -0.1) is 0 Å². The maximum Gasteiger partial charge on any atom is 0.442 e. The van der Waals surface area contributed by atoms with E-state index >= 15 is 0 Å². The summed E-state index contributed by atoms with van der Waals surface area (Å²) in [6, 6.07) is -0.624. The van der Waals surface area contributed by atoms with Crippen LogP contribution in [0.4, 0.5) is 0 Å². The first-order chi connectivity index (χ1) is 10.0. The van der Waals surface area contributed by atoms with E-state index in [9.17, 15) is 14.4 Å². The van der Waals surface area contributed by atoms with Gasteiger partial charge in [-0.25, -0.2) is 9.36 Å². The molecule has 0 saturated heterocycles. The van der Waals surface area contributed by atoms with Gasteiger partial charge in [-0.3, -0.25) is 14.1 Å². The van der Waals surface area contributed by atoms with Crippen molar-refractivity contribution < 1.29 is 19.2 Å². The van der Waals surface area contributed by atoms with Crippen molar-refractivity contribution in [2.75, 3.05) is 6.54 Å². The normalized spacial score (nSPS) is 19.4. The van der Waals surface area contributed by atoms with E-state index in [1.54, 1.807) is 6.92 Å². The van der Waals surface area contributed by atoms with Crippen LogP contribution in [0.25, 0.3) is 0 Å². The van der Waals surface area contributed by atoms with Gasteiger partial charge in [0, 0.05) is 13.0 Å². The highest BCUT2D eigenvalue weighted by Gasteiger charge is 2.28. The molecule has 1 aliphatic heterocycles. The van der Waals surface area contributed by atoms with E-state index < -0.39 is 23.7 Å². The van der Waals surface area contributed by atoms with Gasteiger partial charge in [-0.2, -0.15) is 0 Å². The molecule has 116 valence electrons. The number of carbonyl (C=O) groups excluding carboxylic acids is 1. The smallest absolute Gasteiger partial charge is 0.442 e. The summed E-state index contributed by atoms with van der Waals surface area (Å²) in [5.74, 6) is -1.83. The SMILES string of the molecule is C[C@@H](CCNC(=O)C1CCCCc2noc(=O)n21)C(=O)O. The van der Waals surface area contributed by atoms with E-state index in [4.69, 9.17) is 5.11 Å². The molecule has 1 amide bonds. The molecule has 2 N–H and O–H groups in total. The van der Waals surface area contributed by atoms with Gasteiger partial charge in [0.15, 0.2) is 5.82 Å². The summed E-state index contributed by atoms with van der Waals surface area (Å²) in [5.41, 5.74) is 0. The summed E-state index contributed by atoms with van der Waals surface area (Å²) in [7, 11) is 0. The maximum atomic E-state index is 12.2. The third-order valence-corrected chi connectivity index (χ3v) is 3.74. The van der Waals surface area contributed by atoms with Crippen LogP contribution in [0.15, 0.2) is 9.32 Å². The predicted octanol–water partition coefficient (Wildman–Crippen LogP) is 0.331. The Labute approximate surface area is 121 Å². The first-order valence-corrected chi connectivity index (χ1v) is 7.08. The van der Waals surface area contributed by atoms with Crippen LogP contribution in [0, 0.1) is 5.92 Å².